The van der Waals surface area contributed by atoms with Crippen molar-refractivity contribution in [2.24, 2.45) is 0 Å². The lowest BCUT2D eigenvalue weighted by Crippen LogP contribution is -2.16. The van der Waals surface area contributed by atoms with Crippen LogP contribution in [0.3, 0.4) is 0 Å². The highest BCUT2D eigenvalue weighted by atomic mass is 31.2. The average molecular weight is 449 g/mol. The van der Waals surface area contributed by atoms with Gasteiger partial charge >= 0.3 is 7.82 Å². The average Bonchev–Trinajstić information content (AvgIpc) is 2.69. The largest absolute Gasteiger partial charge is 0.469 e. The van der Waals surface area contributed by atoms with E-state index in [-0.39, 0.29) is 18.6 Å². The molecule has 30 heavy (non-hydrogen) atoms. The van der Waals surface area contributed by atoms with Crippen LogP contribution in [-0.4, -0.2) is 33.4 Å². The van der Waals surface area contributed by atoms with Gasteiger partial charge in [-0.15, -0.1) is 0 Å². The molecule has 0 fully saturated rings. The maximum absolute atomic E-state index is 11.8. The van der Waals surface area contributed by atoms with E-state index in [2.05, 4.69) is 23.6 Å². The minimum atomic E-state index is -4.56. The molecule has 0 spiro atoms. The molecule has 0 aromatic carbocycles. The third-order valence-electron chi connectivity index (χ3n) is 5.16. The molecule has 0 bridgehead atoms. The van der Waals surface area contributed by atoms with Crippen molar-refractivity contribution in [2.45, 2.75) is 122 Å². The summed E-state index contributed by atoms with van der Waals surface area (Å²) in [5.41, 5.74) is 0. The second kappa shape index (κ2) is 20.4. The summed E-state index contributed by atoms with van der Waals surface area (Å²) in [6.45, 7) is 1.80. The SMILES string of the molecule is CCCCCCCCC/C=C\CCCCCCCC(=O)CC[C@@H](O)COP(=O)(O)O. The van der Waals surface area contributed by atoms with E-state index in [9.17, 15) is 14.5 Å². The van der Waals surface area contributed by atoms with E-state index in [0.29, 0.717) is 6.42 Å². The third-order valence-corrected chi connectivity index (χ3v) is 5.64. The van der Waals surface area contributed by atoms with E-state index in [0.717, 1.165) is 25.7 Å². The molecule has 6 nitrogen and oxygen atoms in total. The van der Waals surface area contributed by atoms with Crippen molar-refractivity contribution in [3.63, 3.8) is 0 Å². The highest BCUT2D eigenvalue weighted by Crippen LogP contribution is 2.35. The van der Waals surface area contributed by atoms with E-state index in [4.69, 9.17) is 9.79 Å². The highest BCUT2D eigenvalue weighted by Gasteiger charge is 2.17. The molecule has 1 atom stereocenters. The zero-order valence-electron chi connectivity index (χ0n) is 19.0. The number of Topliss-reactive ketones (excluding diaryl/α,β-unsaturated/α-hetero) is 1. The second-order valence-corrected chi connectivity index (χ2v) is 9.44. The Morgan fingerprint density at radius 2 is 1.33 bits per heavy atom. The molecule has 0 radical (unpaired) electrons. The van der Waals surface area contributed by atoms with Crippen LogP contribution in [0.4, 0.5) is 0 Å². The maximum atomic E-state index is 11.8. The minimum absolute atomic E-state index is 0.0820. The number of aliphatic hydroxyl groups is 1. The van der Waals surface area contributed by atoms with E-state index in [1.165, 1.54) is 64.2 Å². The second-order valence-electron chi connectivity index (χ2n) is 8.21. The molecule has 0 aromatic heterocycles. The molecule has 0 rings (SSSR count). The van der Waals surface area contributed by atoms with Crippen LogP contribution in [0.2, 0.25) is 0 Å². The van der Waals surface area contributed by atoms with Crippen LogP contribution >= 0.6 is 7.82 Å². The Labute approximate surface area is 183 Å². The quantitative estimate of drug-likeness (QED) is 0.103. The Morgan fingerprint density at radius 3 is 1.87 bits per heavy atom. The number of rotatable bonds is 22. The van der Waals surface area contributed by atoms with Crippen LogP contribution < -0.4 is 0 Å². The van der Waals surface area contributed by atoms with Crippen molar-refractivity contribution in [3.8, 4) is 0 Å². The van der Waals surface area contributed by atoms with Crippen molar-refractivity contribution in [3.05, 3.63) is 12.2 Å². The van der Waals surface area contributed by atoms with Crippen LogP contribution in [0, 0.1) is 0 Å². The van der Waals surface area contributed by atoms with Crippen molar-refractivity contribution >= 4 is 13.6 Å². The molecule has 0 heterocycles. The Kier molecular flexibility index (Phi) is 20.0. The van der Waals surface area contributed by atoms with E-state index in [1.807, 2.05) is 0 Å². The Morgan fingerprint density at radius 1 is 0.833 bits per heavy atom. The zero-order chi connectivity index (χ0) is 22.5. The third kappa shape index (κ3) is 23.8. The zero-order valence-corrected chi connectivity index (χ0v) is 19.9. The summed E-state index contributed by atoms with van der Waals surface area (Å²) in [5.74, 6) is 0.0820. The standard InChI is InChI=1S/C23H45O6P/c1-2-3-4-5-6-7-8-9-10-11-12-13-14-15-16-17-18-22(24)19-20-23(25)21-29-30(26,27)28/h10-11,23,25H,2-9,12-21H2,1H3,(H2,26,27,28)/b11-10-/t23-/m1/s1. The molecule has 0 unspecified atom stereocenters. The van der Waals surface area contributed by atoms with Gasteiger partial charge in [-0.3, -0.25) is 9.32 Å². The van der Waals surface area contributed by atoms with Gasteiger partial charge in [-0.2, -0.15) is 0 Å². The predicted molar refractivity (Wildman–Crippen MR) is 122 cm³/mol. The van der Waals surface area contributed by atoms with Crippen LogP contribution in [0.25, 0.3) is 0 Å². The van der Waals surface area contributed by atoms with E-state index >= 15 is 0 Å². The molecular formula is C23H45O6P. The first-order valence-electron chi connectivity index (χ1n) is 11.9. The maximum Gasteiger partial charge on any atom is 0.469 e. The number of allylic oxidation sites excluding steroid dienone is 2. The van der Waals surface area contributed by atoms with Gasteiger partial charge in [-0.25, -0.2) is 4.57 Å². The van der Waals surface area contributed by atoms with Gasteiger partial charge in [0.25, 0.3) is 0 Å². The Bertz CT molecular complexity index is 474. The van der Waals surface area contributed by atoms with Gasteiger partial charge in [0.2, 0.25) is 0 Å². The molecule has 3 N–H and O–H groups in total. The van der Waals surface area contributed by atoms with Crippen molar-refractivity contribution in [1.29, 1.82) is 0 Å². The lowest BCUT2D eigenvalue weighted by atomic mass is 10.0. The number of phosphoric ester groups is 1. The molecule has 178 valence electrons. The number of unbranched alkanes of at least 4 members (excludes halogenated alkanes) is 12. The summed E-state index contributed by atoms with van der Waals surface area (Å²) in [6.07, 6.45) is 21.8. The number of ketones is 1. The van der Waals surface area contributed by atoms with E-state index in [1.54, 1.807) is 0 Å². The van der Waals surface area contributed by atoms with Crippen molar-refractivity contribution in [1.82, 2.24) is 0 Å². The topological polar surface area (TPSA) is 104 Å². The molecule has 0 aliphatic heterocycles. The normalized spacial score (nSPS) is 13.2. The van der Waals surface area contributed by atoms with Crippen LogP contribution in [-0.2, 0) is 13.9 Å². The number of phosphoric acid groups is 1. The monoisotopic (exact) mass is 448 g/mol. The fraction of sp³-hybridized carbons (Fsp3) is 0.870. The smallest absolute Gasteiger partial charge is 0.391 e. The summed E-state index contributed by atoms with van der Waals surface area (Å²) < 4.78 is 14.8. The first-order chi connectivity index (χ1) is 14.3. The molecule has 0 aliphatic carbocycles. The summed E-state index contributed by atoms with van der Waals surface area (Å²) in [5, 5.41) is 9.55. The predicted octanol–water partition coefficient (Wildman–Crippen LogP) is 6.23. The van der Waals surface area contributed by atoms with E-state index < -0.39 is 20.5 Å². The highest BCUT2D eigenvalue weighted by molar-refractivity contribution is 7.46. The fourth-order valence-corrected chi connectivity index (χ4v) is 3.66. The first-order valence-corrected chi connectivity index (χ1v) is 13.4. The number of carbonyl (C=O) groups is 1. The van der Waals surface area contributed by atoms with Gasteiger partial charge < -0.3 is 14.9 Å². The number of hydrogen-bond donors (Lipinski definition) is 3. The lowest BCUT2D eigenvalue weighted by Gasteiger charge is -2.11. The molecule has 7 heteroatoms. The lowest BCUT2D eigenvalue weighted by molar-refractivity contribution is -0.119. The Balaban J connectivity index is 3.36. The van der Waals surface area contributed by atoms with Crippen LogP contribution in [0.5, 0.6) is 0 Å². The van der Waals surface area contributed by atoms with Gasteiger partial charge in [-0.1, -0.05) is 76.9 Å². The molecule has 0 aromatic rings. The van der Waals surface area contributed by atoms with Gasteiger partial charge in [0, 0.05) is 12.8 Å². The van der Waals surface area contributed by atoms with Gasteiger partial charge in [0.15, 0.2) is 0 Å². The van der Waals surface area contributed by atoms with Crippen molar-refractivity contribution in [2.75, 3.05) is 6.61 Å². The van der Waals surface area contributed by atoms with Crippen molar-refractivity contribution < 1.29 is 28.8 Å². The number of aliphatic hydroxyl groups excluding tert-OH is 1. The van der Waals surface area contributed by atoms with Gasteiger partial charge in [-0.05, 0) is 38.5 Å². The minimum Gasteiger partial charge on any atom is -0.391 e. The van der Waals surface area contributed by atoms with Gasteiger partial charge in [0.05, 0.1) is 12.7 Å². The number of carbonyl (C=O) groups excluding carboxylic acids is 1. The first kappa shape index (κ1) is 29.5. The fourth-order valence-electron chi connectivity index (χ4n) is 3.29. The molecule has 0 saturated carbocycles. The van der Waals surface area contributed by atoms with Crippen LogP contribution in [0.1, 0.15) is 116 Å². The number of hydrogen-bond acceptors (Lipinski definition) is 4. The molecule has 0 saturated heterocycles. The summed E-state index contributed by atoms with van der Waals surface area (Å²) in [4.78, 5) is 28.9. The summed E-state index contributed by atoms with van der Waals surface area (Å²) >= 11 is 0. The summed E-state index contributed by atoms with van der Waals surface area (Å²) in [7, 11) is -4.56. The summed E-state index contributed by atoms with van der Waals surface area (Å²) in [6, 6.07) is 0. The molecule has 0 amide bonds. The molecule has 0 aliphatic rings. The molecular weight excluding hydrogens is 403 g/mol. The van der Waals surface area contributed by atoms with Gasteiger partial charge in [0.1, 0.15) is 5.78 Å². The Hall–Kier alpha value is -0.520. The van der Waals surface area contributed by atoms with Crippen LogP contribution in [0.15, 0.2) is 12.2 Å².